The summed E-state index contributed by atoms with van der Waals surface area (Å²) >= 11 is 12.7. The van der Waals surface area contributed by atoms with Crippen molar-refractivity contribution in [3.8, 4) is 11.5 Å². The summed E-state index contributed by atoms with van der Waals surface area (Å²) in [6.07, 6.45) is -6.72. The predicted molar refractivity (Wildman–Crippen MR) is 119 cm³/mol. The van der Waals surface area contributed by atoms with Gasteiger partial charge >= 0.3 is 5.97 Å². The van der Waals surface area contributed by atoms with Crippen LogP contribution in [-0.2, 0) is 20.8 Å². The molecule has 0 amide bonds. The van der Waals surface area contributed by atoms with E-state index in [0.29, 0.717) is 18.4 Å². The average molecular weight is 538 g/mol. The second-order valence-electron chi connectivity index (χ2n) is 8.87. The first-order valence-corrected chi connectivity index (χ1v) is 11.4. The third-order valence-corrected chi connectivity index (χ3v) is 7.47. The van der Waals surface area contributed by atoms with Crippen molar-refractivity contribution >= 4 is 35.5 Å². The fraction of sp³-hybridized carbons (Fsp3) is 0.600. The normalized spacial score (nSPS) is 31.4. The fourth-order valence-corrected chi connectivity index (χ4v) is 4.52. The number of carboxylic acid groups (broad SMARTS) is 1. The predicted octanol–water partition coefficient (Wildman–Crippen LogP) is -0.862. The van der Waals surface area contributed by atoms with Crippen LogP contribution in [-0.4, -0.2) is 113 Å². The number of benzene rings is 1. The monoisotopic (exact) mass is 537 g/mol. The molecular formula is C20H25Cl2N3O10. The summed E-state index contributed by atoms with van der Waals surface area (Å²) < 4.78 is 5.09. The van der Waals surface area contributed by atoms with Crippen molar-refractivity contribution in [3.63, 3.8) is 0 Å². The summed E-state index contributed by atoms with van der Waals surface area (Å²) in [7, 11) is 0. The average Bonchev–Trinajstić information content (AvgIpc) is 3.42. The van der Waals surface area contributed by atoms with Crippen molar-refractivity contribution in [2.75, 3.05) is 13.2 Å². The third kappa shape index (κ3) is 4.95. The Kier molecular flexibility index (Phi) is 6.98. The number of carbonyl (C=O) groups is 1. The van der Waals surface area contributed by atoms with Crippen LogP contribution in [0.2, 0.25) is 5.02 Å². The number of nitrogens with zero attached hydrogens (tertiary/aromatic N) is 3. The molecule has 1 unspecified atom stereocenters. The Balaban J connectivity index is 1.43. The zero-order valence-corrected chi connectivity index (χ0v) is 19.6. The van der Waals surface area contributed by atoms with E-state index in [0.717, 1.165) is 5.06 Å². The van der Waals surface area contributed by atoms with Gasteiger partial charge in [0.1, 0.15) is 36.9 Å². The minimum Gasteiger partial charge on any atom is -0.504 e. The van der Waals surface area contributed by atoms with Gasteiger partial charge in [0.25, 0.3) is 0 Å². The van der Waals surface area contributed by atoms with Crippen LogP contribution in [0.25, 0.3) is 0 Å². The largest absolute Gasteiger partial charge is 0.504 e. The molecule has 2 aliphatic heterocycles. The van der Waals surface area contributed by atoms with Crippen LogP contribution < -0.4 is 0 Å². The first-order valence-electron chi connectivity index (χ1n) is 10.6. The minimum absolute atomic E-state index is 0.0646. The Bertz CT molecular complexity index is 1010. The number of aliphatic hydroxyl groups is 4. The van der Waals surface area contributed by atoms with Gasteiger partial charge in [-0.1, -0.05) is 17.7 Å². The van der Waals surface area contributed by atoms with E-state index < -0.39 is 58.6 Å². The van der Waals surface area contributed by atoms with Gasteiger partial charge in [-0.25, -0.2) is 14.7 Å². The molecule has 1 aromatic rings. The molecule has 7 N–H and O–H groups in total. The van der Waals surface area contributed by atoms with Crippen molar-refractivity contribution < 1.29 is 50.1 Å². The highest BCUT2D eigenvalue weighted by Crippen LogP contribution is 2.53. The van der Waals surface area contributed by atoms with Crippen LogP contribution in [0, 0.1) is 0 Å². The SMILES string of the molecule is O=C(O)[C@H]1O[C@@H](ON2C=NN(CC(O)(Cc3ccc(O)c(O)c3Cl)C3(Cl)CC3)C2)[C@H](O)[C@@H](O)[C@@H]1O. The van der Waals surface area contributed by atoms with Crippen molar-refractivity contribution in [1.82, 2.24) is 10.1 Å². The van der Waals surface area contributed by atoms with E-state index in [9.17, 15) is 35.4 Å². The molecule has 15 heteroatoms. The smallest absolute Gasteiger partial charge is 0.335 e. The third-order valence-electron chi connectivity index (χ3n) is 6.32. The highest BCUT2D eigenvalue weighted by Gasteiger charge is 2.59. The molecule has 1 aliphatic carbocycles. The number of aromatic hydroxyl groups is 2. The van der Waals surface area contributed by atoms with Crippen LogP contribution in [0.1, 0.15) is 18.4 Å². The molecule has 6 atom stereocenters. The molecule has 35 heavy (non-hydrogen) atoms. The second-order valence-corrected chi connectivity index (χ2v) is 9.98. The maximum Gasteiger partial charge on any atom is 0.335 e. The van der Waals surface area contributed by atoms with Gasteiger partial charge in [0.05, 0.1) is 16.4 Å². The first kappa shape index (κ1) is 26.0. The molecule has 0 bridgehead atoms. The van der Waals surface area contributed by atoms with Crippen LogP contribution in [0.3, 0.4) is 0 Å². The number of aliphatic carboxylic acids is 1. The number of hydrazone groups is 1. The molecule has 2 heterocycles. The molecule has 0 aromatic heterocycles. The summed E-state index contributed by atoms with van der Waals surface area (Å²) in [5, 5.41) is 76.6. The standard InChI is InChI=1S/C20H25Cl2N3O10/c21-11-9(1-2-10(26)12(11)27)5-20(33,19(22)3-4-19)6-24-8-25(7-23-24)35-18-15(30)13(28)14(29)16(34-18)17(31)32/h1-2,7,13-16,18,26-30,33H,3-6,8H2,(H,31,32)/t13-,14-,15+,16-,18-,20?/m0/s1. The number of halogens is 2. The molecule has 4 rings (SSSR count). The van der Waals surface area contributed by atoms with Gasteiger partial charge < -0.3 is 40.5 Å². The van der Waals surface area contributed by atoms with E-state index in [1.165, 1.54) is 23.5 Å². The number of aliphatic hydroxyl groups excluding tert-OH is 3. The number of rotatable bonds is 8. The van der Waals surface area contributed by atoms with Gasteiger partial charge in [-0.3, -0.25) is 5.01 Å². The lowest BCUT2D eigenvalue weighted by Gasteiger charge is -2.39. The summed E-state index contributed by atoms with van der Waals surface area (Å²) in [6.45, 7) is -0.190. The second kappa shape index (κ2) is 9.41. The summed E-state index contributed by atoms with van der Waals surface area (Å²) in [6, 6.07) is 2.72. The molecule has 1 saturated carbocycles. The lowest BCUT2D eigenvalue weighted by atomic mass is 9.88. The molecule has 1 saturated heterocycles. The maximum absolute atomic E-state index is 11.5. The molecule has 0 spiro atoms. The summed E-state index contributed by atoms with van der Waals surface area (Å²) in [5.41, 5.74) is -1.21. The zero-order valence-electron chi connectivity index (χ0n) is 18.1. The lowest BCUT2D eigenvalue weighted by Crippen LogP contribution is -2.61. The molecule has 2 fully saturated rings. The van der Waals surface area contributed by atoms with Crippen molar-refractivity contribution in [2.24, 2.45) is 5.10 Å². The molecular weight excluding hydrogens is 513 g/mol. The highest BCUT2D eigenvalue weighted by atomic mass is 35.5. The Labute approximate surface area is 208 Å². The van der Waals surface area contributed by atoms with Crippen LogP contribution in [0.15, 0.2) is 17.2 Å². The number of phenols is 2. The topological polar surface area (TPSA) is 196 Å². The minimum atomic E-state index is -1.86. The van der Waals surface area contributed by atoms with Crippen LogP contribution in [0.4, 0.5) is 0 Å². The fourth-order valence-electron chi connectivity index (χ4n) is 4.07. The van der Waals surface area contributed by atoms with Gasteiger partial charge in [-0.2, -0.15) is 5.10 Å². The van der Waals surface area contributed by atoms with Gasteiger partial charge in [-0.15, -0.1) is 11.6 Å². The van der Waals surface area contributed by atoms with E-state index in [1.54, 1.807) is 0 Å². The van der Waals surface area contributed by atoms with E-state index in [-0.39, 0.29) is 24.7 Å². The van der Waals surface area contributed by atoms with E-state index in [2.05, 4.69) is 5.10 Å². The van der Waals surface area contributed by atoms with Gasteiger partial charge in [0.2, 0.25) is 6.29 Å². The number of phenolic OH excluding ortho intramolecular Hbond substituents is 2. The number of ether oxygens (including phenoxy) is 1. The Morgan fingerprint density at radius 1 is 1.23 bits per heavy atom. The Morgan fingerprint density at radius 3 is 2.54 bits per heavy atom. The van der Waals surface area contributed by atoms with Crippen molar-refractivity contribution in [1.29, 1.82) is 0 Å². The van der Waals surface area contributed by atoms with Crippen LogP contribution >= 0.6 is 23.2 Å². The quantitative estimate of drug-likeness (QED) is 0.160. The molecule has 1 aromatic carbocycles. The molecule has 0 radical (unpaired) electrons. The zero-order chi connectivity index (χ0) is 25.7. The van der Waals surface area contributed by atoms with E-state index in [4.69, 9.17) is 37.9 Å². The van der Waals surface area contributed by atoms with Gasteiger partial charge in [0.15, 0.2) is 17.6 Å². The number of β-amino-alcohol motifs (C(OH)–C–C–N with tert-alkyl or cyclic N) is 1. The van der Waals surface area contributed by atoms with Crippen molar-refractivity contribution in [2.45, 2.75) is 60.4 Å². The van der Waals surface area contributed by atoms with Crippen LogP contribution in [0.5, 0.6) is 11.5 Å². The number of hydroxylamine groups is 2. The Morgan fingerprint density at radius 2 is 1.91 bits per heavy atom. The Hall–Kier alpha value is -2.10. The summed E-state index contributed by atoms with van der Waals surface area (Å²) in [4.78, 5) is 15.7. The van der Waals surface area contributed by atoms with E-state index in [1.807, 2.05) is 0 Å². The molecule has 13 nitrogen and oxygen atoms in total. The molecule has 194 valence electrons. The van der Waals surface area contributed by atoms with Crippen molar-refractivity contribution in [3.05, 3.63) is 22.7 Å². The summed E-state index contributed by atoms with van der Waals surface area (Å²) in [5.74, 6) is -2.46. The highest BCUT2D eigenvalue weighted by molar-refractivity contribution is 6.33. The van der Waals surface area contributed by atoms with E-state index >= 15 is 0 Å². The number of alkyl halides is 1. The number of carboxylic acids is 1. The lowest BCUT2D eigenvalue weighted by molar-refractivity contribution is -0.340. The molecule has 3 aliphatic rings. The van der Waals surface area contributed by atoms with Gasteiger partial charge in [0, 0.05) is 6.42 Å². The maximum atomic E-state index is 11.5. The first-order chi connectivity index (χ1) is 16.3. The number of hydrogen-bond donors (Lipinski definition) is 7. The van der Waals surface area contributed by atoms with Gasteiger partial charge in [-0.05, 0) is 24.5 Å². The number of hydrogen-bond acceptors (Lipinski definition) is 12.